The number of aromatic carboxylic acids is 1. The Morgan fingerprint density at radius 1 is 1.47 bits per heavy atom. The van der Waals surface area contributed by atoms with Crippen LogP contribution in [0.4, 0.5) is 4.39 Å². The number of ether oxygens (including phenoxy) is 1. The van der Waals surface area contributed by atoms with E-state index in [0.29, 0.717) is 6.54 Å². The Morgan fingerprint density at radius 2 is 2.18 bits per heavy atom. The summed E-state index contributed by atoms with van der Waals surface area (Å²) < 4.78 is 18.2. The van der Waals surface area contributed by atoms with Gasteiger partial charge in [0.15, 0.2) is 18.2 Å². The minimum absolute atomic E-state index is 0.152. The van der Waals surface area contributed by atoms with Gasteiger partial charge in [-0.1, -0.05) is 0 Å². The fourth-order valence-electron chi connectivity index (χ4n) is 1.14. The van der Waals surface area contributed by atoms with E-state index in [1.54, 1.807) is 6.92 Å². The SMILES string of the molecule is CCNC(=O)COc1ccc(C(=O)O)cc1F. The number of hydrogen-bond acceptors (Lipinski definition) is 3. The van der Waals surface area contributed by atoms with Gasteiger partial charge in [0.25, 0.3) is 5.91 Å². The topological polar surface area (TPSA) is 75.6 Å². The van der Waals surface area contributed by atoms with Crippen LogP contribution >= 0.6 is 0 Å². The van der Waals surface area contributed by atoms with Crippen molar-refractivity contribution >= 4 is 11.9 Å². The van der Waals surface area contributed by atoms with Gasteiger partial charge >= 0.3 is 5.97 Å². The molecule has 0 saturated heterocycles. The number of rotatable bonds is 5. The lowest BCUT2D eigenvalue weighted by atomic mass is 10.2. The molecule has 0 heterocycles. The average Bonchev–Trinajstić information content (AvgIpc) is 2.27. The Morgan fingerprint density at radius 3 is 2.71 bits per heavy atom. The van der Waals surface area contributed by atoms with Gasteiger partial charge in [0.05, 0.1) is 5.56 Å². The summed E-state index contributed by atoms with van der Waals surface area (Å²) in [6, 6.07) is 3.23. The van der Waals surface area contributed by atoms with E-state index in [4.69, 9.17) is 9.84 Å². The number of carboxylic acid groups (broad SMARTS) is 1. The van der Waals surface area contributed by atoms with Gasteiger partial charge in [-0.2, -0.15) is 0 Å². The van der Waals surface area contributed by atoms with Crippen LogP contribution in [0.1, 0.15) is 17.3 Å². The van der Waals surface area contributed by atoms with Gasteiger partial charge in [0, 0.05) is 6.54 Å². The van der Waals surface area contributed by atoms with E-state index < -0.39 is 11.8 Å². The number of carbonyl (C=O) groups excluding carboxylic acids is 1. The van der Waals surface area contributed by atoms with Crippen LogP contribution in [-0.4, -0.2) is 30.1 Å². The molecule has 5 nitrogen and oxygen atoms in total. The van der Waals surface area contributed by atoms with Crippen LogP contribution in [0, 0.1) is 5.82 Å². The van der Waals surface area contributed by atoms with Crippen LogP contribution in [0.3, 0.4) is 0 Å². The number of hydrogen-bond donors (Lipinski definition) is 2. The molecule has 2 N–H and O–H groups in total. The molecule has 1 rings (SSSR count). The maximum atomic E-state index is 13.3. The lowest BCUT2D eigenvalue weighted by Crippen LogP contribution is -2.28. The number of carboxylic acids is 1. The highest BCUT2D eigenvalue weighted by Gasteiger charge is 2.10. The van der Waals surface area contributed by atoms with E-state index in [0.717, 1.165) is 6.07 Å². The molecule has 0 radical (unpaired) electrons. The molecule has 1 aromatic carbocycles. The van der Waals surface area contributed by atoms with E-state index in [1.165, 1.54) is 12.1 Å². The number of carbonyl (C=O) groups is 2. The minimum atomic E-state index is -1.22. The maximum absolute atomic E-state index is 13.3. The van der Waals surface area contributed by atoms with E-state index in [2.05, 4.69) is 5.32 Å². The molecule has 6 heteroatoms. The Hall–Kier alpha value is -2.11. The molecule has 0 bridgehead atoms. The third-order valence-corrected chi connectivity index (χ3v) is 1.91. The van der Waals surface area contributed by atoms with Gasteiger partial charge in [0.1, 0.15) is 0 Å². The zero-order valence-corrected chi connectivity index (χ0v) is 9.20. The predicted molar refractivity (Wildman–Crippen MR) is 57.5 cm³/mol. The Labute approximate surface area is 97.2 Å². The maximum Gasteiger partial charge on any atom is 0.335 e. The van der Waals surface area contributed by atoms with Crippen molar-refractivity contribution in [1.82, 2.24) is 5.32 Å². The Bertz CT molecular complexity index is 433. The summed E-state index contributed by atoms with van der Waals surface area (Å²) in [5.74, 6) is -2.55. The molecule has 17 heavy (non-hydrogen) atoms. The molecule has 0 atom stereocenters. The average molecular weight is 241 g/mol. The van der Waals surface area contributed by atoms with E-state index >= 15 is 0 Å². The first-order valence-corrected chi connectivity index (χ1v) is 4.97. The van der Waals surface area contributed by atoms with Gasteiger partial charge in [-0.15, -0.1) is 0 Å². The molecule has 1 amide bonds. The molecule has 92 valence electrons. The van der Waals surface area contributed by atoms with Gasteiger partial charge in [0.2, 0.25) is 0 Å². The summed E-state index contributed by atoms with van der Waals surface area (Å²) in [7, 11) is 0. The fourth-order valence-corrected chi connectivity index (χ4v) is 1.14. The van der Waals surface area contributed by atoms with Crippen LogP contribution in [0.15, 0.2) is 18.2 Å². The monoisotopic (exact) mass is 241 g/mol. The number of halogens is 1. The Kier molecular flexibility index (Phi) is 4.45. The molecule has 0 aliphatic carbocycles. The molecule has 1 aromatic rings. The fraction of sp³-hybridized carbons (Fsp3) is 0.273. The molecule has 0 unspecified atom stereocenters. The summed E-state index contributed by atoms with van der Waals surface area (Å²) in [6.45, 7) is 1.90. The number of likely N-dealkylation sites (N-methyl/N-ethyl adjacent to an activating group) is 1. The minimum Gasteiger partial charge on any atom is -0.481 e. The first-order chi connectivity index (χ1) is 8.04. The highest BCUT2D eigenvalue weighted by Crippen LogP contribution is 2.18. The highest BCUT2D eigenvalue weighted by molar-refractivity contribution is 5.87. The molecule has 0 aliphatic heterocycles. The van der Waals surface area contributed by atoms with Gasteiger partial charge in [-0.05, 0) is 25.1 Å². The summed E-state index contributed by atoms with van der Waals surface area (Å²) in [6.07, 6.45) is 0. The summed E-state index contributed by atoms with van der Waals surface area (Å²) in [4.78, 5) is 21.6. The first kappa shape index (κ1) is 13.0. The molecular weight excluding hydrogens is 229 g/mol. The zero-order valence-electron chi connectivity index (χ0n) is 9.20. The molecule has 0 aliphatic rings. The third kappa shape index (κ3) is 3.75. The van der Waals surface area contributed by atoms with E-state index in [9.17, 15) is 14.0 Å². The summed E-state index contributed by atoms with van der Waals surface area (Å²) in [5.41, 5.74) is -0.173. The number of benzene rings is 1. The third-order valence-electron chi connectivity index (χ3n) is 1.91. The van der Waals surface area contributed by atoms with Crippen molar-refractivity contribution in [2.75, 3.05) is 13.2 Å². The molecule has 0 saturated carbocycles. The van der Waals surface area contributed by atoms with E-state index in [1.807, 2.05) is 0 Å². The van der Waals surface area contributed by atoms with Gasteiger partial charge < -0.3 is 15.2 Å². The smallest absolute Gasteiger partial charge is 0.335 e. The molecule has 0 fully saturated rings. The molecule has 0 aromatic heterocycles. The highest BCUT2D eigenvalue weighted by atomic mass is 19.1. The van der Waals surface area contributed by atoms with Crippen molar-refractivity contribution < 1.29 is 23.8 Å². The quantitative estimate of drug-likeness (QED) is 0.807. The lowest BCUT2D eigenvalue weighted by Gasteiger charge is -2.07. The van der Waals surface area contributed by atoms with Crippen LogP contribution in [0.2, 0.25) is 0 Å². The van der Waals surface area contributed by atoms with Crippen LogP contribution in [0.25, 0.3) is 0 Å². The van der Waals surface area contributed by atoms with Crippen molar-refractivity contribution in [3.63, 3.8) is 0 Å². The van der Waals surface area contributed by atoms with Gasteiger partial charge in [-0.3, -0.25) is 4.79 Å². The van der Waals surface area contributed by atoms with Crippen molar-refractivity contribution in [3.05, 3.63) is 29.6 Å². The number of nitrogens with one attached hydrogen (secondary N) is 1. The van der Waals surface area contributed by atoms with Crippen molar-refractivity contribution in [2.24, 2.45) is 0 Å². The van der Waals surface area contributed by atoms with Crippen LogP contribution in [0.5, 0.6) is 5.75 Å². The van der Waals surface area contributed by atoms with Crippen molar-refractivity contribution in [3.8, 4) is 5.75 Å². The molecule has 0 spiro atoms. The lowest BCUT2D eigenvalue weighted by molar-refractivity contribution is -0.123. The Balaban J connectivity index is 2.66. The summed E-state index contributed by atoms with van der Waals surface area (Å²) in [5, 5.41) is 11.1. The number of amides is 1. The standard InChI is InChI=1S/C11H12FNO4/c1-2-13-10(14)6-17-9-4-3-7(11(15)16)5-8(9)12/h3-5H,2,6H2,1H3,(H,13,14)(H,15,16). The first-order valence-electron chi connectivity index (χ1n) is 4.97. The van der Waals surface area contributed by atoms with E-state index in [-0.39, 0.29) is 23.8 Å². The largest absolute Gasteiger partial charge is 0.481 e. The molecular formula is C11H12FNO4. The second kappa shape index (κ2) is 5.83. The zero-order chi connectivity index (χ0) is 12.8. The normalized spacial score (nSPS) is 9.76. The second-order valence-electron chi connectivity index (χ2n) is 3.19. The van der Waals surface area contributed by atoms with Gasteiger partial charge in [-0.25, -0.2) is 9.18 Å². The second-order valence-corrected chi connectivity index (χ2v) is 3.19. The predicted octanol–water partition coefficient (Wildman–Crippen LogP) is 1.04. The summed E-state index contributed by atoms with van der Waals surface area (Å²) >= 11 is 0. The van der Waals surface area contributed by atoms with Crippen LogP contribution in [-0.2, 0) is 4.79 Å². The van der Waals surface area contributed by atoms with Crippen molar-refractivity contribution in [1.29, 1.82) is 0 Å². The van der Waals surface area contributed by atoms with Crippen molar-refractivity contribution in [2.45, 2.75) is 6.92 Å². The van der Waals surface area contributed by atoms with Crippen LogP contribution < -0.4 is 10.1 Å².